The van der Waals surface area contributed by atoms with Gasteiger partial charge in [-0.1, -0.05) is 19.1 Å². The first-order valence-electron chi connectivity index (χ1n) is 7.45. The summed E-state index contributed by atoms with van der Waals surface area (Å²) in [6.45, 7) is 8.16. The molecule has 1 N–H and O–H groups in total. The lowest BCUT2D eigenvalue weighted by molar-refractivity contribution is 0.0685. The molecule has 3 rings (SSSR count). The first kappa shape index (κ1) is 13.2. The average molecular weight is 270 g/mol. The molecule has 1 saturated heterocycles. The van der Waals surface area contributed by atoms with Crippen LogP contribution in [0.5, 0.6) is 0 Å². The van der Waals surface area contributed by atoms with Crippen molar-refractivity contribution in [3.8, 4) is 0 Å². The van der Waals surface area contributed by atoms with Crippen molar-refractivity contribution in [1.82, 2.24) is 9.88 Å². The second kappa shape index (κ2) is 4.97. The van der Waals surface area contributed by atoms with Gasteiger partial charge >= 0.3 is 0 Å². The van der Waals surface area contributed by atoms with Crippen LogP contribution in [0.2, 0.25) is 0 Å². The molecule has 1 fully saturated rings. The van der Waals surface area contributed by atoms with Gasteiger partial charge in [-0.15, -0.1) is 0 Å². The van der Waals surface area contributed by atoms with Crippen LogP contribution in [0, 0.1) is 19.8 Å². The van der Waals surface area contributed by atoms with E-state index in [9.17, 15) is 4.79 Å². The summed E-state index contributed by atoms with van der Waals surface area (Å²) < 4.78 is 0. The quantitative estimate of drug-likeness (QED) is 0.843. The molecule has 1 aromatic carbocycles. The van der Waals surface area contributed by atoms with Gasteiger partial charge in [0.05, 0.1) is 11.1 Å². The molecule has 2 aromatic rings. The minimum Gasteiger partial charge on any atom is -0.358 e. The van der Waals surface area contributed by atoms with Crippen LogP contribution in [0.1, 0.15) is 41.4 Å². The number of aromatic amines is 1. The minimum absolute atomic E-state index is 0.170. The van der Waals surface area contributed by atoms with E-state index < -0.39 is 0 Å². The number of para-hydroxylation sites is 1. The summed E-state index contributed by atoms with van der Waals surface area (Å²) in [5.74, 6) is 0.780. The molecule has 0 aliphatic carbocycles. The van der Waals surface area contributed by atoms with Crippen molar-refractivity contribution in [3.05, 3.63) is 35.0 Å². The van der Waals surface area contributed by atoms with Gasteiger partial charge in [-0.25, -0.2) is 0 Å². The van der Waals surface area contributed by atoms with Gasteiger partial charge in [-0.05, 0) is 44.2 Å². The van der Waals surface area contributed by atoms with Gasteiger partial charge in [0.2, 0.25) is 0 Å². The summed E-state index contributed by atoms with van der Waals surface area (Å²) in [7, 11) is 0. The van der Waals surface area contributed by atoms with Crippen LogP contribution < -0.4 is 0 Å². The van der Waals surface area contributed by atoms with Gasteiger partial charge < -0.3 is 9.88 Å². The Bertz CT molecular complexity index is 656. The van der Waals surface area contributed by atoms with Crippen LogP contribution in [-0.2, 0) is 0 Å². The first-order chi connectivity index (χ1) is 9.58. The molecule has 20 heavy (non-hydrogen) atoms. The fourth-order valence-corrected chi connectivity index (χ4v) is 3.21. The first-order valence-corrected chi connectivity index (χ1v) is 7.45. The van der Waals surface area contributed by atoms with E-state index in [2.05, 4.69) is 31.8 Å². The molecule has 2 heterocycles. The molecule has 3 nitrogen and oxygen atoms in total. The van der Waals surface area contributed by atoms with Crippen LogP contribution in [0.15, 0.2) is 18.2 Å². The maximum absolute atomic E-state index is 12.8. The number of benzene rings is 1. The van der Waals surface area contributed by atoms with Crippen molar-refractivity contribution in [3.63, 3.8) is 0 Å². The van der Waals surface area contributed by atoms with Gasteiger partial charge in [0.15, 0.2) is 0 Å². The SMILES string of the molecule is Cc1[nH]c2c(C(=O)N3CCCC(C)C3)cccc2c1C. The lowest BCUT2D eigenvalue weighted by atomic mass is 9.99. The second-order valence-electron chi connectivity index (χ2n) is 6.10. The Balaban J connectivity index is 2.01. The maximum atomic E-state index is 12.8. The zero-order valence-electron chi connectivity index (χ0n) is 12.5. The zero-order valence-corrected chi connectivity index (χ0v) is 12.5. The number of rotatable bonds is 1. The number of hydrogen-bond donors (Lipinski definition) is 1. The molecule has 3 heteroatoms. The predicted octanol–water partition coefficient (Wildman–Crippen LogP) is 3.66. The highest BCUT2D eigenvalue weighted by Crippen LogP contribution is 2.26. The Kier molecular flexibility index (Phi) is 3.28. The van der Waals surface area contributed by atoms with Crippen LogP contribution in [-0.4, -0.2) is 28.9 Å². The van der Waals surface area contributed by atoms with Crippen molar-refractivity contribution in [2.75, 3.05) is 13.1 Å². The van der Waals surface area contributed by atoms with Crippen LogP contribution in [0.3, 0.4) is 0 Å². The van der Waals surface area contributed by atoms with E-state index in [0.717, 1.165) is 36.3 Å². The number of aromatic nitrogens is 1. The van der Waals surface area contributed by atoms with E-state index in [-0.39, 0.29) is 5.91 Å². The Labute approximate surface area is 120 Å². The third-order valence-corrected chi connectivity index (χ3v) is 4.52. The van der Waals surface area contributed by atoms with Gasteiger partial charge in [-0.2, -0.15) is 0 Å². The number of nitrogens with zero attached hydrogens (tertiary/aromatic N) is 1. The van der Waals surface area contributed by atoms with Gasteiger partial charge in [-0.3, -0.25) is 4.79 Å². The molecular weight excluding hydrogens is 248 g/mol. The van der Waals surface area contributed by atoms with Crippen LogP contribution in [0.25, 0.3) is 10.9 Å². The lowest BCUT2D eigenvalue weighted by Gasteiger charge is -2.31. The summed E-state index contributed by atoms with van der Waals surface area (Å²) in [4.78, 5) is 18.2. The van der Waals surface area contributed by atoms with E-state index in [1.807, 2.05) is 17.0 Å². The number of aryl methyl sites for hydroxylation is 2. The van der Waals surface area contributed by atoms with Gasteiger partial charge in [0.25, 0.3) is 5.91 Å². The molecule has 0 saturated carbocycles. The van der Waals surface area contributed by atoms with E-state index in [4.69, 9.17) is 0 Å². The molecule has 1 aliphatic heterocycles. The number of likely N-dealkylation sites (tertiary alicyclic amines) is 1. The Morgan fingerprint density at radius 3 is 2.90 bits per heavy atom. The number of carbonyl (C=O) groups is 1. The number of nitrogens with one attached hydrogen (secondary N) is 1. The summed E-state index contributed by atoms with van der Waals surface area (Å²) in [5.41, 5.74) is 4.19. The molecular formula is C17H22N2O. The minimum atomic E-state index is 0.170. The molecule has 0 bridgehead atoms. The van der Waals surface area contributed by atoms with Gasteiger partial charge in [0, 0.05) is 24.2 Å². The second-order valence-corrected chi connectivity index (χ2v) is 6.10. The number of carbonyl (C=O) groups excluding carboxylic acids is 1. The molecule has 1 atom stereocenters. The molecule has 0 radical (unpaired) electrons. The number of fused-ring (bicyclic) bond motifs is 1. The van der Waals surface area contributed by atoms with Crippen molar-refractivity contribution in [1.29, 1.82) is 0 Å². The summed E-state index contributed by atoms with van der Waals surface area (Å²) in [6, 6.07) is 6.02. The molecule has 106 valence electrons. The normalized spacial score (nSPS) is 19.6. The fourth-order valence-electron chi connectivity index (χ4n) is 3.21. The summed E-state index contributed by atoms with van der Waals surface area (Å²) >= 11 is 0. The highest BCUT2D eigenvalue weighted by molar-refractivity contribution is 6.06. The Hall–Kier alpha value is -1.77. The molecule has 1 aromatic heterocycles. The van der Waals surface area contributed by atoms with Crippen LogP contribution in [0.4, 0.5) is 0 Å². The van der Waals surface area contributed by atoms with E-state index >= 15 is 0 Å². The number of piperidine rings is 1. The van der Waals surface area contributed by atoms with Crippen molar-refractivity contribution >= 4 is 16.8 Å². The van der Waals surface area contributed by atoms with E-state index in [1.165, 1.54) is 17.4 Å². The highest BCUT2D eigenvalue weighted by Gasteiger charge is 2.24. The summed E-state index contributed by atoms with van der Waals surface area (Å²) in [5, 5.41) is 1.17. The highest BCUT2D eigenvalue weighted by atomic mass is 16.2. The number of hydrogen-bond acceptors (Lipinski definition) is 1. The molecule has 1 unspecified atom stereocenters. The van der Waals surface area contributed by atoms with Crippen LogP contribution >= 0.6 is 0 Å². The standard InChI is InChI=1S/C17H22N2O/c1-11-6-5-9-19(10-11)17(20)15-8-4-7-14-12(2)13(3)18-16(14)15/h4,7-8,11,18H,5-6,9-10H2,1-3H3. The largest absolute Gasteiger partial charge is 0.358 e. The summed E-state index contributed by atoms with van der Waals surface area (Å²) in [6.07, 6.45) is 2.35. The predicted molar refractivity (Wildman–Crippen MR) is 82.1 cm³/mol. The third-order valence-electron chi connectivity index (χ3n) is 4.52. The molecule has 1 amide bonds. The van der Waals surface area contributed by atoms with Crippen molar-refractivity contribution in [2.24, 2.45) is 5.92 Å². The fraction of sp³-hybridized carbons (Fsp3) is 0.471. The smallest absolute Gasteiger partial charge is 0.255 e. The monoisotopic (exact) mass is 270 g/mol. The van der Waals surface area contributed by atoms with Crippen molar-refractivity contribution < 1.29 is 4.79 Å². The Morgan fingerprint density at radius 1 is 1.35 bits per heavy atom. The lowest BCUT2D eigenvalue weighted by Crippen LogP contribution is -2.39. The van der Waals surface area contributed by atoms with Crippen molar-refractivity contribution in [2.45, 2.75) is 33.6 Å². The number of H-pyrrole nitrogens is 1. The average Bonchev–Trinajstić information content (AvgIpc) is 2.74. The Morgan fingerprint density at radius 2 is 2.15 bits per heavy atom. The third kappa shape index (κ3) is 2.11. The molecule has 1 aliphatic rings. The van der Waals surface area contributed by atoms with Gasteiger partial charge in [0.1, 0.15) is 0 Å². The topological polar surface area (TPSA) is 36.1 Å². The van der Waals surface area contributed by atoms with E-state index in [1.54, 1.807) is 0 Å². The molecule has 0 spiro atoms. The zero-order chi connectivity index (χ0) is 14.3. The van der Waals surface area contributed by atoms with E-state index in [0.29, 0.717) is 5.92 Å². The number of amides is 1. The maximum Gasteiger partial charge on any atom is 0.255 e.